The Balaban J connectivity index is 1.28. The summed E-state index contributed by atoms with van der Waals surface area (Å²) in [6.45, 7) is 1.80. The van der Waals surface area contributed by atoms with Crippen molar-refractivity contribution in [1.82, 2.24) is 24.3 Å². The Bertz CT molecular complexity index is 1480. The van der Waals surface area contributed by atoms with Gasteiger partial charge in [0.15, 0.2) is 0 Å². The summed E-state index contributed by atoms with van der Waals surface area (Å²) in [7, 11) is 1.69. The molecule has 35 heavy (non-hydrogen) atoms. The van der Waals surface area contributed by atoms with Gasteiger partial charge in [-0.1, -0.05) is 0 Å². The van der Waals surface area contributed by atoms with Crippen LogP contribution >= 0.6 is 0 Å². The van der Waals surface area contributed by atoms with E-state index < -0.39 is 0 Å². The minimum absolute atomic E-state index is 0.315. The Morgan fingerprint density at radius 3 is 2.40 bits per heavy atom. The molecule has 2 aromatic carbocycles. The summed E-state index contributed by atoms with van der Waals surface area (Å²) in [5.41, 5.74) is 2.28. The van der Waals surface area contributed by atoms with Crippen molar-refractivity contribution in [2.24, 2.45) is 7.05 Å². The number of aromatic nitrogens is 5. The second-order valence-electron chi connectivity index (χ2n) is 7.83. The van der Waals surface area contributed by atoms with Gasteiger partial charge < -0.3 is 14.6 Å². The number of carbonyl (C=O) groups excluding carboxylic acids is 1. The van der Waals surface area contributed by atoms with E-state index >= 15 is 0 Å². The monoisotopic (exact) mass is 468 g/mol. The Labute approximate surface area is 200 Å². The molecule has 8 nitrogen and oxygen atoms in total. The number of halogens is 1. The van der Waals surface area contributed by atoms with E-state index in [0.717, 1.165) is 5.56 Å². The molecule has 0 atom stereocenters. The molecule has 0 unspecified atom stereocenters. The molecule has 9 heteroatoms. The fraction of sp³-hybridized carbons (Fsp3) is 0.0769. The van der Waals surface area contributed by atoms with Crippen molar-refractivity contribution in [2.75, 3.05) is 5.32 Å². The molecule has 0 radical (unpaired) electrons. The number of carbonyl (C=O) groups is 1. The molecular formula is C26H21FN6O2. The molecule has 0 fully saturated rings. The lowest BCUT2D eigenvalue weighted by molar-refractivity contribution is 0.101. The van der Waals surface area contributed by atoms with Gasteiger partial charge in [-0.15, -0.1) is 0 Å². The van der Waals surface area contributed by atoms with Crippen molar-refractivity contribution in [3.8, 4) is 28.7 Å². The normalized spacial score (nSPS) is 10.8. The molecule has 3 aromatic heterocycles. The lowest BCUT2D eigenvalue weighted by Gasteiger charge is -2.10. The second-order valence-corrected chi connectivity index (χ2v) is 7.83. The largest absolute Gasteiger partial charge is 0.439 e. The van der Waals surface area contributed by atoms with Crippen molar-refractivity contribution < 1.29 is 13.9 Å². The van der Waals surface area contributed by atoms with Gasteiger partial charge in [0.2, 0.25) is 5.88 Å². The van der Waals surface area contributed by atoms with Gasteiger partial charge in [-0.25, -0.2) is 9.37 Å². The molecule has 0 spiro atoms. The number of amides is 1. The molecule has 1 amide bonds. The summed E-state index contributed by atoms with van der Waals surface area (Å²) in [5.74, 6) is 1.64. The van der Waals surface area contributed by atoms with E-state index in [-0.39, 0.29) is 11.7 Å². The van der Waals surface area contributed by atoms with E-state index in [2.05, 4.69) is 20.4 Å². The van der Waals surface area contributed by atoms with Gasteiger partial charge in [0.05, 0.1) is 5.69 Å². The van der Waals surface area contributed by atoms with E-state index in [1.807, 2.05) is 29.1 Å². The molecule has 0 aliphatic carbocycles. The molecule has 1 N–H and O–H groups in total. The van der Waals surface area contributed by atoms with Gasteiger partial charge >= 0.3 is 0 Å². The number of hydrogen-bond donors (Lipinski definition) is 1. The van der Waals surface area contributed by atoms with Crippen LogP contribution in [-0.2, 0) is 7.05 Å². The van der Waals surface area contributed by atoms with Crippen LogP contribution < -0.4 is 10.1 Å². The molecular weight excluding hydrogens is 447 g/mol. The van der Waals surface area contributed by atoms with Crippen LogP contribution in [0.2, 0.25) is 0 Å². The van der Waals surface area contributed by atoms with Crippen molar-refractivity contribution in [3.63, 3.8) is 0 Å². The zero-order valence-corrected chi connectivity index (χ0v) is 19.0. The third-order valence-electron chi connectivity index (χ3n) is 5.26. The number of nitrogens with one attached hydrogen (secondary N) is 1. The van der Waals surface area contributed by atoms with Gasteiger partial charge in [-0.2, -0.15) is 10.1 Å². The number of anilines is 1. The summed E-state index contributed by atoms with van der Waals surface area (Å²) >= 11 is 0. The maximum atomic E-state index is 13.2. The van der Waals surface area contributed by atoms with E-state index in [1.165, 1.54) is 16.8 Å². The fourth-order valence-corrected chi connectivity index (χ4v) is 3.56. The fourth-order valence-electron chi connectivity index (χ4n) is 3.56. The van der Waals surface area contributed by atoms with Gasteiger partial charge in [-0.3, -0.25) is 9.48 Å². The maximum absolute atomic E-state index is 13.2. The molecule has 0 aliphatic rings. The van der Waals surface area contributed by atoms with Crippen molar-refractivity contribution in [1.29, 1.82) is 0 Å². The Hall–Kier alpha value is -4.79. The minimum Gasteiger partial charge on any atom is -0.439 e. The number of rotatable bonds is 6. The molecule has 0 aliphatic heterocycles. The first-order chi connectivity index (χ1) is 16.9. The highest BCUT2D eigenvalue weighted by atomic mass is 19.1. The maximum Gasteiger partial charge on any atom is 0.273 e. The number of hydrogen-bond acceptors (Lipinski definition) is 5. The number of benzene rings is 2. The molecule has 5 aromatic rings. The number of aryl methyl sites for hydroxylation is 2. The van der Waals surface area contributed by atoms with Crippen LogP contribution in [0, 0.1) is 12.7 Å². The second kappa shape index (κ2) is 9.22. The molecule has 3 heterocycles. The quantitative estimate of drug-likeness (QED) is 0.372. The first-order valence-electron chi connectivity index (χ1n) is 10.8. The molecule has 0 saturated carbocycles. The highest BCUT2D eigenvalue weighted by molar-refractivity contribution is 6.03. The molecule has 5 rings (SSSR count). The number of ether oxygens (including phenoxy) is 1. The standard InChI is InChI=1S/C26H21FN6O2/c1-17-28-24(33-13-3-4-14-33)16-25(29-17)35-21-11-9-20(10-12-21)30-26(34)23-15-22(31-32(23)2)18-5-7-19(27)8-6-18/h3-16H,1-2H3,(H,30,34). The lowest BCUT2D eigenvalue weighted by atomic mass is 10.1. The molecule has 174 valence electrons. The summed E-state index contributed by atoms with van der Waals surface area (Å²) in [5, 5.41) is 7.22. The zero-order chi connectivity index (χ0) is 24.4. The van der Waals surface area contributed by atoms with E-state index in [9.17, 15) is 9.18 Å². The van der Waals surface area contributed by atoms with Gasteiger partial charge in [0.25, 0.3) is 5.91 Å². The zero-order valence-electron chi connectivity index (χ0n) is 19.0. The average Bonchev–Trinajstić information content (AvgIpc) is 3.51. The Morgan fingerprint density at radius 2 is 1.69 bits per heavy atom. The molecule has 0 saturated heterocycles. The average molecular weight is 468 g/mol. The van der Waals surface area contributed by atoms with Crippen LogP contribution in [0.25, 0.3) is 17.1 Å². The summed E-state index contributed by atoms with van der Waals surface area (Å²) in [6, 6.07) is 20.2. The van der Waals surface area contributed by atoms with Crippen LogP contribution in [0.1, 0.15) is 16.3 Å². The van der Waals surface area contributed by atoms with Crippen LogP contribution in [-0.4, -0.2) is 30.2 Å². The molecule has 0 bridgehead atoms. The SMILES string of the molecule is Cc1nc(Oc2ccc(NC(=O)c3cc(-c4ccc(F)cc4)nn3C)cc2)cc(-n2cccc2)n1. The van der Waals surface area contributed by atoms with Crippen LogP contribution in [0.15, 0.2) is 85.2 Å². The van der Waals surface area contributed by atoms with Crippen LogP contribution in [0.4, 0.5) is 10.1 Å². The third kappa shape index (κ3) is 4.93. The van der Waals surface area contributed by atoms with Gasteiger partial charge in [0.1, 0.15) is 28.9 Å². The lowest BCUT2D eigenvalue weighted by Crippen LogP contribution is -2.15. The first kappa shape index (κ1) is 22.0. The summed E-state index contributed by atoms with van der Waals surface area (Å²) < 4.78 is 22.5. The van der Waals surface area contributed by atoms with Crippen molar-refractivity contribution >= 4 is 11.6 Å². The predicted molar refractivity (Wildman–Crippen MR) is 129 cm³/mol. The van der Waals surface area contributed by atoms with Crippen LogP contribution in [0.3, 0.4) is 0 Å². The highest BCUT2D eigenvalue weighted by Gasteiger charge is 2.15. The third-order valence-corrected chi connectivity index (χ3v) is 5.26. The topological polar surface area (TPSA) is 86.9 Å². The first-order valence-corrected chi connectivity index (χ1v) is 10.8. The van der Waals surface area contributed by atoms with Crippen molar-refractivity contribution in [3.05, 3.63) is 103 Å². The number of nitrogens with zero attached hydrogens (tertiary/aromatic N) is 5. The Morgan fingerprint density at radius 1 is 0.971 bits per heavy atom. The van der Waals surface area contributed by atoms with E-state index in [0.29, 0.717) is 40.3 Å². The predicted octanol–water partition coefficient (Wildman–Crippen LogP) is 5.16. The highest BCUT2D eigenvalue weighted by Crippen LogP contribution is 2.24. The smallest absolute Gasteiger partial charge is 0.273 e. The van der Waals surface area contributed by atoms with Gasteiger partial charge in [-0.05, 0) is 73.7 Å². The minimum atomic E-state index is -0.328. The van der Waals surface area contributed by atoms with E-state index in [4.69, 9.17) is 4.74 Å². The van der Waals surface area contributed by atoms with Crippen LogP contribution in [0.5, 0.6) is 11.6 Å². The van der Waals surface area contributed by atoms with Crippen molar-refractivity contribution in [2.45, 2.75) is 6.92 Å². The Kier molecular flexibility index (Phi) is 5.80. The van der Waals surface area contributed by atoms with Gasteiger partial charge in [0, 0.05) is 36.8 Å². The summed E-state index contributed by atoms with van der Waals surface area (Å²) in [6.07, 6.45) is 3.79. The van der Waals surface area contributed by atoms with E-state index in [1.54, 1.807) is 62.5 Å². The summed E-state index contributed by atoms with van der Waals surface area (Å²) in [4.78, 5) is 21.6.